The van der Waals surface area contributed by atoms with Gasteiger partial charge < -0.3 is 19.9 Å². The average Bonchev–Trinajstić information content (AvgIpc) is 3.21. The highest BCUT2D eigenvalue weighted by Gasteiger charge is 2.13. The highest BCUT2D eigenvalue weighted by Crippen LogP contribution is 2.18. The average molecular weight is 378 g/mol. The first kappa shape index (κ1) is 18.1. The van der Waals surface area contributed by atoms with Crippen LogP contribution in [0.2, 0.25) is 0 Å². The van der Waals surface area contributed by atoms with Gasteiger partial charge in [0, 0.05) is 50.0 Å². The van der Waals surface area contributed by atoms with Crippen LogP contribution in [0.4, 0.5) is 5.88 Å². The van der Waals surface area contributed by atoms with Gasteiger partial charge in [0.15, 0.2) is 5.96 Å². The van der Waals surface area contributed by atoms with Crippen molar-refractivity contribution in [3.63, 3.8) is 0 Å². The quantitative estimate of drug-likeness (QED) is 0.536. The van der Waals surface area contributed by atoms with Crippen molar-refractivity contribution in [2.45, 2.75) is 12.8 Å². The first-order valence-corrected chi connectivity index (χ1v) is 9.27. The third kappa shape index (κ3) is 4.52. The Morgan fingerprint density at radius 1 is 1.04 bits per heavy atom. The summed E-state index contributed by atoms with van der Waals surface area (Å²) in [6.07, 6.45) is 5.03. The Morgan fingerprint density at radius 3 is 2.54 bits per heavy atom. The van der Waals surface area contributed by atoms with Crippen LogP contribution in [0.25, 0.3) is 11.1 Å². The SMILES string of the molecule is NC(=Nc1cc(CCc2ncc(-c3ccccc3)cn2)no1)N1CCOCC1. The Morgan fingerprint density at radius 2 is 1.79 bits per heavy atom. The molecule has 1 fully saturated rings. The summed E-state index contributed by atoms with van der Waals surface area (Å²) < 4.78 is 10.6. The van der Waals surface area contributed by atoms with Crippen molar-refractivity contribution in [3.8, 4) is 11.1 Å². The van der Waals surface area contributed by atoms with Gasteiger partial charge in [0.05, 0.1) is 18.9 Å². The number of hydrogen-bond acceptors (Lipinski definition) is 6. The number of aryl methyl sites for hydroxylation is 2. The van der Waals surface area contributed by atoms with E-state index in [-0.39, 0.29) is 0 Å². The Balaban J connectivity index is 1.34. The number of rotatable bonds is 5. The van der Waals surface area contributed by atoms with E-state index in [2.05, 4.69) is 20.1 Å². The lowest BCUT2D eigenvalue weighted by atomic mass is 10.1. The maximum atomic E-state index is 6.03. The van der Waals surface area contributed by atoms with Gasteiger partial charge in [-0.1, -0.05) is 35.5 Å². The minimum Gasteiger partial charge on any atom is -0.378 e. The molecule has 2 aromatic heterocycles. The maximum absolute atomic E-state index is 6.03. The van der Waals surface area contributed by atoms with E-state index in [0.717, 1.165) is 35.7 Å². The first-order valence-electron chi connectivity index (χ1n) is 9.27. The minimum atomic E-state index is 0.402. The van der Waals surface area contributed by atoms with Crippen LogP contribution >= 0.6 is 0 Å². The summed E-state index contributed by atoms with van der Waals surface area (Å²) in [4.78, 5) is 15.2. The van der Waals surface area contributed by atoms with Crippen LogP contribution in [0.1, 0.15) is 11.5 Å². The number of ether oxygens (including phenoxy) is 1. The Bertz CT molecular complexity index is 917. The molecule has 0 radical (unpaired) electrons. The van der Waals surface area contributed by atoms with Gasteiger partial charge in [0.2, 0.25) is 0 Å². The topological polar surface area (TPSA) is 103 Å². The summed E-state index contributed by atoms with van der Waals surface area (Å²) in [5.41, 5.74) is 8.93. The van der Waals surface area contributed by atoms with E-state index in [0.29, 0.717) is 37.9 Å². The van der Waals surface area contributed by atoms with Crippen molar-refractivity contribution >= 4 is 11.8 Å². The van der Waals surface area contributed by atoms with E-state index < -0.39 is 0 Å². The van der Waals surface area contributed by atoms with Gasteiger partial charge in [0.25, 0.3) is 5.88 Å². The highest BCUT2D eigenvalue weighted by molar-refractivity contribution is 5.80. The summed E-state index contributed by atoms with van der Waals surface area (Å²) in [7, 11) is 0. The predicted molar refractivity (Wildman–Crippen MR) is 105 cm³/mol. The molecule has 8 nitrogen and oxygen atoms in total. The lowest BCUT2D eigenvalue weighted by molar-refractivity contribution is 0.0675. The van der Waals surface area contributed by atoms with Crippen molar-refractivity contribution in [3.05, 3.63) is 60.3 Å². The lowest BCUT2D eigenvalue weighted by Gasteiger charge is -2.27. The van der Waals surface area contributed by atoms with Gasteiger partial charge in [-0.2, -0.15) is 4.99 Å². The molecular formula is C20H22N6O2. The molecule has 8 heteroatoms. The lowest BCUT2D eigenvalue weighted by Crippen LogP contribution is -2.44. The fraction of sp³-hybridized carbons (Fsp3) is 0.300. The number of aromatic nitrogens is 3. The zero-order chi connectivity index (χ0) is 19.2. The van der Waals surface area contributed by atoms with Crippen molar-refractivity contribution in [1.82, 2.24) is 20.0 Å². The molecular weight excluding hydrogens is 356 g/mol. The zero-order valence-corrected chi connectivity index (χ0v) is 15.5. The molecule has 0 aliphatic carbocycles. The summed E-state index contributed by atoms with van der Waals surface area (Å²) in [6.45, 7) is 2.77. The molecule has 4 rings (SSSR count). The van der Waals surface area contributed by atoms with Gasteiger partial charge >= 0.3 is 0 Å². The summed E-state index contributed by atoms with van der Waals surface area (Å²) in [6, 6.07) is 11.9. The van der Waals surface area contributed by atoms with Crippen molar-refractivity contribution in [1.29, 1.82) is 0 Å². The first-order chi connectivity index (χ1) is 13.8. The van der Waals surface area contributed by atoms with Crippen molar-refractivity contribution < 1.29 is 9.26 Å². The molecule has 3 heterocycles. The molecule has 0 amide bonds. The van der Waals surface area contributed by atoms with Gasteiger partial charge in [0.1, 0.15) is 5.82 Å². The van der Waals surface area contributed by atoms with Crippen LogP contribution < -0.4 is 5.73 Å². The number of morpholine rings is 1. The van der Waals surface area contributed by atoms with Crippen LogP contribution in [-0.2, 0) is 17.6 Å². The zero-order valence-electron chi connectivity index (χ0n) is 15.5. The standard InChI is InChI=1S/C20H22N6O2/c21-20(26-8-10-27-11-9-26)24-19-12-17(25-28-19)6-7-18-22-13-16(14-23-18)15-4-2-1-3-5-15/h1-5,12-14H,6-11H2,(H2,21,24). The van der Waals surface area contributed by atoms with E-state index in [1.54, 1.807) is 6.07 Å². The van der Waals surface area contributed by atoms with Crippen LogP contribution in [0.5, 0.6) is 0 Å². The van der Waals surface area contributed by atoms with E-state index in [9.17, 15) is 0 Å². The second kappa shape index (κ2) is 8.62. The van der Waals surface area contributed by atoms with E-state index >= 15 is 0 Å². The van der Waals surface area contributed by atoms with Crippen molar-refractivity contribution in [2.24, 2.45) is 10.7 Å². The summed E-state index contributed by atoms with van der Waals surface area (Å²) in [5, 5.41) is 4.06. The van der Waals surface area contributed by atoms with E-state index in [1.165, 1.54) is 0 Å². The Labute approximate surface area is 163 Å². The molecule has 0 spiro atoms. The number of hydrogen-bond donors (Lipinski definition) is 1. The molecule has 0 atom stereocenters. The molecule has 1 aliphatic rings. The molecule has 0 bridgehead atoms. The molecule has 2 N–H and O–H groups in total. The van der Waals surface area contributed by atoms with E-state index in [4.69, 9.17) is 15.0 Å². The molecule has 0 saturated carbocycles. The number of benzene rings is 1. The molecule has 3 aromatic rings. The van der Waals surface area contributed by atoms with E-state index in [1.807, 2.05) is 47.6 Å². The molecule has 0 unspecified atom stereocenters. The Hall–Kier alpha value is -3.26. The molecule has 144 valence electrons. The van der Waals surface area contributed by atoms with Gasteiger partial charge in [-0.3, -0.25) is 0 Å². The monoisotopic (exact) mass is 378 g/mol. The molecule has 1 aliphatic heterocycles. The number of nitrogens with zero attached hydrogens (tertiary/aromatic N) is 5. The van der Waals surface area contributed by atoms with Crippen LogP contribution in [0.3, 0.4) is 0 Å². The predicted octanol–water partition coefficient (Wildman–Crippen LogP) is 2.20. The smallest absolute Gasteiger partial charge is 0.253 e. The fourth-order valence-electron chi connectivity index (χ4n) is 2.95. The summed E-state index contributed by atoms with van der Waals surface area (Å²) in [5.74, 6) is 1.59. The normalized spacial score (nSPS) is 15.0. The van der Waals surface area contributed by atoms with Gasteiger partial charge in [-0.15, -0.1) is 0 Å². The van der Waals surface area contributed by atoms with Crippen LogP contribution in [0, 0.1) is 0 Å². The number of nitrogens with two attached hydrogens (primary N) is 1. The van der Waals surface area contributed by atoms with Crippen LogP contribution in [0.15, 0.2) is 58.3 Å². The fourth-order valence-corrected chi connectivity index (χ4v) is 2.95. The second-order valence-electron chi connectivity index (χ2n) is 6.48. The summed E-state index contributed by atoms with van der Waals surface area (Å²) >= 11 is 0. The van der Waals surface area contributed by atoms with Crippen molar-refractivity contribution in [2.75, 3.05) is 26.3 Å². The number of aliphatic imine (C=N–C) groups is 1. The Kier molecular flexibility index (Phi) is 5.58. The van der Waals surface area contributed by atoms with Gasteiger partial charge in [-0.25, -0.2) is 9.97 Å². The highest BCUT2D eigenvalue weighted by atomic mass is 16.5. The second-order valence-corrected chi connectivity index (χ2v) is 6.48. The van der Waals surface area contributed by atoms with Gasteiger partial charge in [-0.05, 0) is 5.56 Å². The minimum absolute atomic E-state index is 0.402. The van der Waals surface area contributed by atoms with Crippen LogP contribution in [-0.4, -0.2) is 52.3 Å². The molecule has 1 saturated heterocycles. The number of guanidine groups is 1. The third-order valence-electron chi connectivity index (χ3n) is 4.52. The largest absolute Gasteiger partial charge is 0.378 e. The molecule has 1 aromatic carbocycles. The maximum Gasteiger partial charge on any atom is 0.253 e. The molecule has 28 heavy (non-hydrogen) atoms. The third-order valence-corrected chi connectivity index (χ3v) is 4.52.